The number of fused-ring (bicyclic) bond motifs is 10. The van der Waals surface area contributed by atoms with Gasteiger partial charge in [0, 0.05) is 21.8 Å². The summed E-state index contributed by atoms with van der Waals surface area (Å²) in [5, 5.41) is 8.86. The molecule has 43 heavy (non-hydrogen) atoms. The van der Waals surface area contributed by atoms with Crippen molar-refractivity contribution in [1.82, 2.24) is 4.98 Å². The highest BCUT2D eigenvalue weighted by atomic mass is 14.7. The number of aromatic nitrogens is 1. The summed E-state index contributed by atoms with van der Waals surface area (Å²) in [5.41, 5.74) is 11.0. The zero-order valence-electron chi connectivity index (χ0n) is 24.2. The average Bonchev–Trinajstić information content (AvgIpc) is 3.30. The molecule has 0 fully saturated rings. The molecule has 1 heterocycles. The first-order valence-electron chi connectivity index (χ1n) is 15.1. The molecule has 0 saturated heterocycles. The lowest BCUT2D eigenvalue weighted by Gasteiger charge is -2.25. The lowest BCUT2D eigenvalue weighted by Crippen LogP contribution is -2.16. The van der Waals surface area contributed by atoms with E-state index < -0.39 is 0 Å². The monoisotopic (exact) mass is 547 g/mol. The maximum Gasteiger partial charge on any atom is 0.0791 e. The zero-order valence-corrected chi connectivity index (χ0v) is 24.2. The number of hydrogen-bond acceptors (Lipinski definition) is 1. The molecule has 8 aromatic rings. The normalized spacial score (nSPS) is 13.5. The molecule has 202 valence electrons. The fourth-order valence-electron chi connectivity index (χ4n) is 7.63. The summed E-state index contributed by atoms with van der Waals surface area (Å²) in [6.45, 7) is 4.73. The van der Waals surface area contributed by atoms with Crippen LogP contribution in [0.2, 0.25) is 0 Å². The van der Waals surface area contributed by atoms with E-state index in [0.29, 0.717) is 0 Å². The molecule has 0 aliphatic heterocycles. The predicted octanol–water partition coefficient (Wildman–Crippen LogP) is 11.3. The molecule has 0 saturated carbocycles. The molecule has 1 aromatic heterocycles. The van der Waals surface area contributed by atoms with Gasteiger partial charge in [-0.2, -0.15) is 0 Å². The van der Waals surface area contributed by atoms with Crippen molar-refractivity contribution in [3.8, 4) is 33.5 Å². The number of rotatable bonds is 2. The van der Waals surface area contributed by atoms with Gasteiger partial charge in [-0.25, -0.2) is 4.98 Å². The van der Waals surface area contributed by atoms with Gasteiger partial charge in [0.2, 0.25) is 0 Å². The van der Waals surface area contributed by atoms with Gasteiger partial charge in [-0.15, -0.1) is 0 Å². The van der Waals surface area contributed by atoms with Crippen LogP contribution in [0.15, 0.2) is 140 Å². The van der Waals surface area contributed by atoms with Crippen LogP contribution in [0.1, 0.15) is 25.0 Å². The van der Waals surface area contributed by atoms with Crippen LogP contribution >= 0.6 is 0 Å². The van der Waals surface area contributed by atoms with Gasteiger partial charge in [0.25, 0.3) is 0 Å². The van der Waals surface area contributed by atoms with Crippen molar-refractivity contribution in [1.29, 1.82) is 0 Å². The van der Waals surface area contributed by atoms with Gasteiger partial charge in [-0.05, 0) is 72.4 Å². The van der Waals surface area contributed by atoms with E-state index in [4.69, 9.17) is 4.98 Å². The summed E-state index contributed by atoms with van der Waals surface area (Å²) in [5.74, 6) is 0. The Hall–Kier alpha value is -5.27. The lowest BCUT2D eigenvalue weighted by atomic mass is 9.79. The van der Waals surface area contributed by atoms with E-state index in [1.165, 1.54) is 71.1 Å². The minimum absolute atomic E-state index is 0.131. The maximum absolute atomic E-state index is 5.37. The van der Waals surface area contributed by atoms with E-state index in [-0.39, 0.29) is 5.41 Å². The highest BCUT2D eigenvalue weighted by Crippen LogP contribution is 2.53. The molecule has 0 unspecified atom stereocenters. The highest BCUT2D eigenvalue weighted by Gasteiger charge is 2.37. The molecule has 0 bridgehead atoms. The van der Waals surface area contributed by atoms with Gasteiger partial charge in [-0.3, -0.25) is 0 Å². The highest BCUT2D eigenvalue weighted by molar-refractivity contribution is 6.16. The Morgan fingerprint density at radius 3 is 1.95 bits per heavy atom. The Balaban J connectivity index is 1.30. The van der Waals surface area contributed by atoms with E-state index in [2.05, 4.69) is 153 Å². The van der Waals surface area contributed by atoms with Gasteiger partial charge in [0.15, 0.2) is 0 Å². The van der Waals surface area contributed by atoms with Crippen molar-refractivity contribution >= 4 is 43.2 Å². The molecule has 0 radical (unpaired) electrons. The SMILES string of the molecule is CC1(C)c2ccccc2-c2ccc3c(c(-c4ccc(-c5cc6ccccc6c6ccccc56)cc4)nc4ccccc43)c21. The third-order valence-corrected chi connectivity index (χ3v) is 9.62. The third kappa shape index (κ3) is 3.43. The molecule has 0 spiro atoms. The minimum atomic E-state index is -0.131. The standard InChI is InChI=1S/C42H29N/c1-42(2)37-17-9-7-15-32(37)35-24-23-34-33-16-8-10-18-38(33)43-41(39(34)40(35)42)27-21-19-26(20-22-27)36-25-28-11-3-4-12-29(28)30-13-5-6-14-31(30)36/h3-25H,1-2H3. The fraction of sp³-hybridized carbons (Fsp3) is 0.0714. The first-order chi connectivity index (χ1) is 21.1. The molecule has 1 heteroatoms. The first kappa shape index (κ1) is 24.3. The van der Waals surface area contributed by atoms with Crippen LogP contribution in [0.3, 0.4) is 0 Å². The van der Waals surface area contributed by atoms with E-state index in [9.17, 15) is 0 Å². The molecule has 1 aliphatic rings. The number of nitrogens with zero attached hydrogens (tertiary/aromatic N) is 1. The van der Waals surface area contributed by atoms with E-state index in [0.717, 1.165) is 16.8 Å². The summed E-state index contributed by atoms with van der Waals surface area (Å²) in [6.07, 6.45) is 0. The van der Waals surface area contributed by atoms with Crippen molar-refractivity contribution in [2.45, 2.75) is 19.3 Å². The number of pyridine rings is 1. The van der Waals surface area contributed by atoms with E-state index in [1.807, 2.05) is 0 Å². The quantitative estimate of drug-likeness (QED) is 0.196. The van der Waals surface area contributed by atoms with Gasteiger partial charge in [0.05, 0.1) is 11.2 Å². The Bertz CT molecular complexity index is 2410. The largest absolute Gasteiger partial charge is 0.247 e. The molecule has 9 rings (SSSR count). The Kier molecular flexibility index (Phi) is 5.02. The lowest BCUT2D eigenvalue weighted by molar-refractivity contribution is 0.666. The van der Waals surface area contributed by atoms with Crippen LogP contribution in [0, 0.1) is 0 Å². The second-order valence-corrected chi connectivity index (χ2v) is 12.3. The van der Waals surface area contributed by atoms with E-state index >= 15 is 0 Å². The number of benzene rings is 7. The summed E-state index contributed by atoms with van der Waals surface area (Å²) >= 11 is 0. The molecular weight excluding hydrogens is 518 g/mol. The van der Waals surface area contributed by atoms with E-state index in [1.54, 1.807) is 0 Å². The summed E-state index contributed by atoms with van der Waals surface area (Å²) < 4.78 is 0. The Morgan fingerprint density at radius 2 is 1.12 bits per heavy atom. The molecule has 0 N–H and O–H groups in total. The van der Waals surface area contributed by atoms with Crippen molar-refractivity contribution in [3.63, 3.8) is 0 Å². The molecular formula is C42H29N. The number of para-hydroxylation sites is 1. The van der Waals surface area contributed by atoms with Gasteiger partial charge in [-0.1, -0.05) is 141 Å². The summed E-state index contributed by atoms with van der Waals surface area (Å²) in [4.78, 5) is 5.37. The molecule has 1 aliphatic carbocycles. The molecule has 7 aromatic carbocycles. The van der Waals surface area contributed by atoms with Crippen molar-refractivity contribution in [2.75, 3.05) is 0 Å². The Labute approximate surface area is 251 Å². The van der Waals surface area contributed by atoms with Gasteiger partial charge < -0.3 is 0 Å². The topological polar surface area (TPSA) is 12.9 Å². The van der Waals surface area contributed by atoms with Crippen LogP contribution in [-0.2, 0) is 5.41 Å². The van der Waals surface area contributed by atoms with Crippen LogP contribution in [-0.4, -0.2) is 4.98 Å². The van der Waals surface area contributed by atoms with Crippen molar-refractivity contribution in [3.05, 3.63) is 151 Å². The molecule has 0 atom stereocenters. The molecule has 0 amide bonds. The molecule has 1 nitrogen and oxygen atoms in total. The number of hydrogen-bond donors (Lipinski definition) is 0. The first-order valence-corrected chi connectivity index (χ1v) is 15.1. The van der Waals surface area contributed by atoms with Crippen molar-refractivity contribution < 1.29 is 0 Å². The Morgan fingerprint density at radius 1 is 0.465 bits per heavy atom. The summed E-state index contributed by atoms with van der Waals surface area (Å²) in [6, 6.07) is 51.0. The smallest absolute Gasteiger partial charge is 0.0791 e. The average molecular weight is 548 g/mol. The second kappa shape index (κ2) is 8.86. The van der Waals surface area contributed by atoms with Crippen LogP contribution in [0.4, 0.5) is 0 Å². The fourth-order valence-corrected chi connectivity index (χ4v) is 7.63. The second-order valence-electron chi connectivity index (χ2n) is 12.3. The minimum Gasteiger partial charge on any atom is -0.247 e. The predicted molar refractivity (Wildman–Crippen MR) is 183 cm³/mol. The van der Waals surface area contributed by atoms with Gasteiger partial charge >= 0.3 is 0 Å². The van der Waals surface area contributed by atoms with Crippen LogP contribution < -0.4 is 0 Å². The van der Waals surface area contributed by atoms with Crippen LogP contribution in [0.5, 0.6) is 0 Å². The third-order valence-electron chi connectivity index (χ3n) is 9.62. The summed E-state index contributed by atoms with van der Waals surface area (Å²) in [7, 11) is 0. The van der Waals surface area contributed by atoms with Crippen molar-refractivity contribution in [2.24, 2.45) is 0 Å². The maximum atomic E-state index is 5.37. The van der Waals surface area contributed by atoms with Crippen LogP contribution in [0.25, 0.3) is 76.7 Å². The zero-order chi connectivity index (χ0) is 28.7. The van der Waals surface area contributed by atoms with Gasteiger partial charge in [0.1, 0.15) is 0 Å².